The van der Waals surface area contributed by atoms with Gasteiger partial charge in [-0.15, -0.1) is 0 Å². The van der Waals surface area contributed by atoms with E-state index in [1.165, 1.54) is 0 Å². The number of nitrogens with one attached hydrogen (secondary N) is 2. The molecular formula is C14H21N3O2. The Morgan fingerprint density at radius 2 is 2.16 bits per heavy atom. The molecule has 5 nitrogen and oxygen atoms in total. The number of aliphatic hydroxyl groups is 1. The van der Waals surface area contributed by atoms with E-state index in [0.717, 1.165) is 5.69 Å². The Bertz CT molecular complexity index is 499. The molecule has 5 N–H and O–H groups in total. The Labute approximate surface area is 113 Å². The van der Waals surface area contributed by atoms with Gasteiger partial charge < -0.3 is 21.5 Å². The van der Waals surface area contributed by atoms with Crippen molar-refractivity contribution < 1.29 is 9.90 Å². The SMILES string of the molecule is CNC(=O)c1ccc(NC2CC(O)C2(C)C)c(N)c1. The average Bonchev–Trinajstić information content (AvgIpc) is 2.39. The predicted molar refractivity (Wildman–Crippen MR) is 76.1 cm³/mol. The summed E-state index contributed by atoms with van der Waals surface area (Å²) in [5, 5.41) is 15.6. The summed E-state index contributed by atoms with van der Waals surface area (Å²) in [5.74, 6) is -0.155. The van der Waals surface area contributed by atoms with E-state index < -0.39 is 0 Å². The van der Waals surface area contributed by atoms with Crippen LogP contribution < -0.4 is 16.4 Å². The van der Waals surface area contributed by atoms with Crippen molar-refractivity contribution in [2.75, 3.05) is 18.1 Å². The summed E-state index contributed by atoms with van der Waals surface area (Å²) in [6.45, 7) is 4.04. The number of amides is 1. The lowest BCUT2D eigenvalue weighted by Gasteiger charge is -2.50. The van der Waals surface area contributed by atoms with Crippen LogP contribution in [-0.2, 0) is 0 Å². The predicted octanol–water partition coefficient (Wildman–Crippen LogP) is 1.20. The minimum absolute atomic E-state index is 0.155. The molecule has 2 atom stereocenters. The molecule has 0 radical (unpaired) electrons. The van der Waals surface area contributed by atoms with Gasteiger partial charge in [-0.1, -0.05) is 13.8 Å². The van der Waals surface area contributed by atoms with Crippen LogP contribution in [0.5, 0.6) is 0 Å². The summed E-state index contributed by atoms with van der Waals surface area (Å²) >= 11 is 0. The Morgan fingerprint density at radius 3 is 2.63 bits per heavy atom. The first kappa shape index (κ1) is 13.7. The lowest BCUT2D eigenvalue weighted by molar-refractivity contribution is -0.0510. The quantitative estimate of drug-likeness (QED) is 0.617. The lowest BCUT2D eigenvalue weighted by atomic mass is 9.64. The number of aliphatic hydroxyl groups excluding tert-OH is 1. The zero-order chi connectivity index (χ0) is 14.2. The third-order valence-corrected chi connectivity index (χ3v) is 4.09. The smallest absolute Gasteiger partial charge is 0.251 e. The molecular weight excluding hydrogens is 242 g/mol. The molecule has 2 unspecified atom stereocenters. The van der Waals surface area contributed by atoms with Gasteiger partial charge in [0.25, 0.3) is 5.91 Å². The first-order valence-electron chi connectivity index (χ1n) is 6.42. The zero-order valence-electron chi connectivity index (χ0n) is 11.5. The minimum Gasteiger partial charge on any atom is -0.397 e. The highest BCUT2D eigenvalue weighted by Gasteiger charge is 2.47. The van der Waals surface area contributed by atoms with Crippen LogP contribution in [0.2, 0.25) is 0 Å². The van der Waals surface area contributed by atoms with Crippen LogP contribution in [0, 0.1) is 5.41 Å². The minimum atomic E-state index is -0.281. The van der Waals surface area contributed by atoms with Crippen molar-refractivity contribution in [3.05, 3.63) is 23.8 Å². The Hall–Kier alpha value is -1.75. The van der Waals surface area contributed by atoms with E-state index in [9.17, 15) is 9.90 Å². The molecule has 19 heavy (non-hydrogen) atoms. The van der Waals surface area contributed by atoms with Crippen molar-refractivity contribution in [1.29, 1.82) is 0 Å². The van der Waals surface area contributed by atoms with Crippen LogP contribution in [0.1, 0.15) is 30.6 Å². The Kier molecular flexibility index (Phi) is 3.41. The topological polar surface area (TPSA) is 87.4 Å². The standard InChI is InChI=1S/C14H21N3O2/c1-14(2)11(7-12(14)18)17-10-5-4-8(6-9(10)15)13(19)16-3/h4-6,11-12,17-18H,7,15H2,1-3H3,(H,16,19). The van der Waals surface area contributed by atoms with Crippen molar-refractivity contribution >= 4 is 17.3 Å². The molecule has 0 aromatic heterocycles. The summed E-state index contributed by atoms with van der Waals surface area (Å²) in [5.41, 5.74) is 7.68. The van der Waals surface area contributed by atoms with Crippen LogP contribution in [0.15, 0.2) is 18.2 Å². The second kappa shape index (κ2) is 4.74. The number of hydrogen-bond acceptors (Lipinski definition) is 4. The molecule has 2 rings (SSSR count). The molecule has 104 valence electrons. The molecule has 1 saturated carbocycles. The summed E-state index contributed by atoms with van der Waals surface area (Å²) in [7, 11) is 1.59. The Morgan fingerprint density at radius 1 is 1.47 bits per heavy atom. The highest BCUT2D eigenvalue weighted by molar-refractivity contribution is 5.95. The van der Waals surface area contributed by atoms with Gasteiger partial charge >= 0.3 is 0 Å². The molecule has 1 aromatic carbocycles. The van der Waals surface area contributed by atoms with Gasteiger partial charge in [0.1, 0.15) is 0 Å². The van der Waals surface area contributed by atoms with Crippen LogP contribution in [-0.4, -0.2) is 30.2 Å². The number of hydrogen-bond donors (Lipinski definition) is 4. The fourth-order valence-corrected chi connectivity index (χ4v) is 2.31. The van der Waals surface area contributed by atoms with Crippen LogP contribution in [0.3, 0.4) is 0 Å². The van der Waals surface area contributed by atoms with E-state index in [4.69, 9.17) is 5.73 Å². The van der Waals surface area contributed by atoms with Crippen molar-refractivity contribution in [2.45, 2.75) is 32.4 Å². The molecule has 0 bridgehead atoms. The van der Waals surface area contributed by atoms with Crippen LogP contribution in [0.4, 0.5) is 11.4 Å². The molecule has 0 aliphatic heterocycles. The highest BCUT2D eigenvalue weighted by Crippen LogP contribution is 2.42. The third kappa shape index (κ3) is 2.38. The zero-order valence-corrected chi connectivity index (χ0v) is 11.5. The van der Waals surface area contributed by atoms with Gasteiger partial charge in [-0.3, -0.25) is 4.79 Å². The van der Waals surface area contributed by atoms with E-state index >= 15 is 0 Å². The van der Waals surface area contributed by atoms with E-state index in [1.54, 1.807) is 25.2 Å². The molecule has 0 saturated heterocycles. The number of anilines is 2. The molecule has 0 heterocycles. The molecule has 1 aliphatic rings. The van der Waals surface area contributed by atoms with Gasteiger partial charge in [0, 0.05) is 24.1 Å². The molecule has 1 aliphatic carbocycles. The average molecular weight is 263 g/mol. The number of nitrogen functional groups attached to an aromatic ring is 1. The molecule has 1 fully saturated rings. The maximum absolute atomic E-state index is 11.5. The van der Waals surface area contributed by atoms with Crippen molar-refractivity contribution in [3.63, 3.8) is 0 Å². The molecule has 1 aromatic rings. The first-order valence-corrected chi connectivity index (χ1v) is 6.42. The number of nitrogens with two attached hydrogens (primary N) is 1. The summed E-state index contributed by atoms with van der Waals surface area (Å²) in [4.78, 5) is 11.5. The number of rotatable bonds is 3. The second-order valence-corrected chi connectivity index (χ2v) is 5.65. The van der Waals surface area contributed by atoms with Gasteiger partial charge in [0.05, 0.1) is 17.5 Å². The van der Waals surface area contributed by atoms with Crippen molar-refractivity contribution in [2.24, 2.45) is 5.41 Å². The summed E-state index contributed by atoms with van der Waals surface area (Å²) in [6.07, 6.45) is 0.431. The van der Waals surface area contributed by atoms with E-state index in [2.05, 4.69) is 10.6 Å². The fourth-order valence-electron chi connectivity index (χ4n) is 2.31. The number of carbonyl (C=O) groups excluding carboxylic acids is 1. The third-order valence-electron chi connectivity index (χ3n) is 4.09. The maximum Gasteiger partial charge on any atom is 0.251 e. The second-order valence-electron chi connectivity index (χ2n) is 5.65. The first-order chi connectivity index (χ1) is 8.86. The van der Waals surface area contributed by atoms with E-state index in [0.29, 0.717) is 17.7 Å². The normalized spacial score (nSPS) is 24.4. The van der Waals surface area contributed by atoms with Crippen molar-refractivity contribution in [1.82, 2.24) is 5.32 Å². The van der Waals surface area contributed by atoms with Crippen LogP contribution in [0.25, 0.3) is 0 Å². The molecule has 1 amide bonds. The van der Waals surface area contributed by atoms with Crippen LogP contribution >= 0.6 is 0 Å². The van der Waals surface area contributed by atoms with E-state index in [-0.39, 0.29) is 23.5 Å². The van der Waals surface area contributed by atoms with Crippen molar-refractivity contribution in [3.8, 4) is 0 Å². The van der Waals surface area contributed by atoms with E-state index in [1.807, 2.05) is 13.8 Å². The number of benzene rings is 1. The Balaban J connectivity index is 2.12. The highest BCUT2D eigenvalue weighted by atomic mass is 16.3. The van der Waals surface area contributed by atoms with Gasteiger partial charge in [-0.05, 0) is 24.6 Å². The lowest BCUT2D eigenvalue weighted by Crippen LogP contribution is -2.56. The van der Waals surface area contributed by atoms with Gasteiger partial charge in [0.15, 0.2) is 0 Å². The van der Waals surface area contributed by atoms with Gasteiger partial charge in [-0.2, -0.15) is 0 Å². The largest absolute Gasteiger partial charge is 0.397 e. The summed E-state index contributed by atoms with van der Waals surface area (Å²) in [6, 6.07) is 5.39. The fraction of sp³-hybridized carbons (Fsp3) is 0.500. The van der Waals surface area contributed by atoms with Gasteiger partial charge in [-0.25, -0.2) is 0 Å². The molecule has 5 heteroatoms. The molecule has 0 spiro atoms. The summed E-state index contributed by atoms with van der Waals surface area (Å²) < 4.78 is 0. The van der Waals surface area contributed by atoms with Gasteiger partial charge in [0.2, 0.25) is 0 Å². The monoisotopic (exact) mass is 263 g/mol. The number of carbonyl (C=O) groups is 1. The maximum atomic E-state index is 11.5.